The number of para-hydroxylation sites is 1. The molecule has 2 heterocycles. The Bertz CT molecular complexity index is 711. The summed E-state index contributed by atoms with van der Waals surface area (Å²) in [7, 11) is 1.90. The summed E-state index contributed by atoms with van der Waals surface area (Å²) in [6, 6.07) is 8.04. The molecule has 1 aromatic carbocycles. The highest BCUT2D eigenvalue weighted by molar-refractivity contribution is 6.17. The van der Waals surface area contributed by atoms with Crippen LogP contribution in [0.3, 0.4) is 0 Å². The van der Waals surface area contributed by atoms with Crippen molar-refractivity contribution in [3.05, 3.63) is 41.9 Å². The summed E-state index contributed by atoms with van der Waals surface area (Å²) in [4.78, 5) is 4.56. The molecule has 2 aromatic heterocycles. The van der Waals surface area contributed by atoms with Gasteiger partial charge in [-0.05, 0) is 18.6 Å². The topological polar surface area (TPSA) is 35.6 Å². The molecule has 0 aliphatic carbocycles. The standard InChI is InChI=1S/C13H13ClN4/c1-9-4-3-5-10-13(9)18(12(8-14)15-10)11-6-7-17(2)16-11/h3-7H,8H2,1-2H3. The zero-order valence-electron chi connectivity index (χ0n) is 10.3. The first-order valence-electron chi connectivity index (χ1n) is 5.73. The van der Waals surface area contributed by atoms with Gasteiger partial charge in [0.15, 0.2) is 5.82 Å². The van der Waals surface area contributed by atoms with Crippen LogP contribution in [0.2, 0.25) is 0 Å². The third-order valence-electron chi connectivity index (χ3n) is 3.00. The van der Waals surface area contributed by atoms with E-state index in [4.69, 9.17) is 11.6 Å². The van der Waals surface area contributed by atoms with E-state index in [1.54, 1.807) is 4.68 Å². The average Bonchev–Trinajstić information content (AvgIpc) is 2.92. The smallest absolute Gasteiger partial charge is 0.160 e. The fourth-order valence-corrected chi connectivity index (χ4v) is 2.38. The van der Waals surface area contributed by atoms with Gasteiger partial charge >= 0.3 is 0 Å². The number of benzene rings is 1. The van der Waals surface area contributed by atoms with Crippen LogP contribution in [0.15, 0.2) is 30.5 Å². The number of halogens is 1. The van der Waals surface area contributed by atoms with E-state index in [2.05, 4.69) is 23.1 Å². The van der Waals surface area contributed by atoms with E-state index >= 15 is 0 Å². The zero-order chi connectivity index (χ0) is 12.7. The molecule has 0 saturated heterocycles. The van der Waals surface area contributed by atoms with Gasteiger partial charge < -0.3 is 0 Å². The van der Waals surface area contributed by atoms with E-state index in [-0.39, 0.29) is 0 Å². The molecule has 5 heteroatoms. The fraction of sp³-hybridized carbons (Fsp3) is 0.231. The second-order valence-electron chi connectivity index (χ2n) is 4.29. The molecule has 0 unspecified atom stereocenters. The van der Waals surface area contributed by atoms with Crippen LogP contribution in [-0.2, 0) is 12.9 Å². The lowest BCUT2D eigenvalue weighted by Crippen LogP contribution is -2.02. The Morgan fingerprint density at radius 1 is 1.28 bits per heavy atom. The van der Waals surface area contributed by atoms with E-state index < -0.39 is 0 Å². The van der Waals surface area contributed by atoms with Crippen LogP contribution in [0.5, 0.6) is 0 Å². The Hall–Kier alpha value is -1.81. The molecule has 0 saturated carbocycles. The molecule has 0 spiro atoms. The number of fused-ring (bicyclic) bond motifs is 1. The van der Waals surface area contributed by atoms with Crippen molar-refractivity contribution in [2.75, 3.05) is 0 Å². The second-order valence-corrected chi connectivity index (χ2v) is 4.55. The van der Waals surface area contributed by atoms with Crippen molar-refractivity contribution < 1.29 is 0 Å². The van der Waals surface area contributed by atoms with Crippen molar-refractivity contribution in [1.29, 1.82) is 0 Å². The van der Waals surface area contributed by atoms with Gasteiger partial charge in [0.05, 0.1) is 16.9 Å². The highest BCUT2D eigenvalue weighted by Gasteiger charge is 2.14. The number of aryl methyl sites for hydroxylation is 2. The fourth-order valence-electron chi connectivity index (χ4n) is 2.20. The number of rotatable bonds is 2. The Morgan fingerprint density at radius 2 is 2.11 bits per heavy atom. The van der Waals surface area contributed by atoms with E-state index in [1.807, 2.05) is 36.0 Å². The number of hydrogen-bond donors (Lipinski definition) is 0. The SMILES string of the molecule is Cc1cccc2nc(CCl)n(-c3ccn(C)n3)c12. The number of nitrogens with zero attached hydrogens (tertiary/aromatic N) is 4. The molecule has 4 nitrogen and oxygen atoms in total. The monoisotopic (exact) mass is 260 g/mol. The van der Waals surface area contributed by atoms with Crippen LogP contribution in [0.1, 0.15) is 11.4 Å². The average molecular weight is 261 g/mol. The Kier molecular flexibility index (Phi) is 2.59. The van der Waals surface area contributed by atoms with Gasteiger partial charge in [-0.25, -0.2) is 4.98 Å². The summed E-state index contributed by atoms with van der Waals surface area (Å²) in [5.74, 6) is 2.04. The lowest BCUT2D eigenvalue weighted by Gasteiger charge is -2.05. The first-order valence-corrected chi connectivity index (χ1v) is 6.27. The number of hydrogen-bond acceptors (Lipinski definition) is 2. The quantitative estimate of drug-likeness (QED) is 0.664. The highest BCUT2D eigenvalue weighted by atomic mass is 35.5. The Balaban J connectivity index is 2.38. The minimum atomic E-state index is 0.366. The molecule has 0 bridgehead atoms. The van der Waals surface area contributed by atoms with Crippen LogP contribution >= 0.6 is 11.6 Å². The third kappa shape index (κ3) is 1.61. The van der Waals surface area contributed by atoms with Crippen molar-refractivity contribution in [2.45, 2.75) is 12.8 Å². The van der Waals surface area contributed by atoms with Crippen LogP contribution in [0, 0.1) is 6.92 Å². The van der Waals surface area contributed by atoms with Crippen LogP contribution < -0.4 is 0 Å². The number of alkyl halides is 1. The lowest BCUT2D eigenvalue weighted by molar-refractivity contribution is 0.749. The van der Waals surface area contributed by atoms with Gasteiger partial charge in [-0.2, -0.15) is 5.10 Å². The van der Waals surface area contributed by atoms with Crippen molar-refractivity contribution in [3.63, 3.8) is 0 Å². The van der Waals surface area contributed by atoms with E-state index in [0.717, 1.165) is 22.7 Å². The predicted octanol–water partition coefficient (Wildman–Crippen LogP) is 2.81. The third-order valence-corrected chi connectivity index (χ3v) is 3.23. The van der Waals surface area contributed by atoms with Crippen molar-refractivity contribution in [3.8, 4) is 5.82 Å². The molecule has 3 aromatic rings. The largest absolute Gasteiger partial charge is 0.278 e. The first-order chi connectivity index (χ1) is 8.70. The molecule has 3 rings (SSSR count). The summed E-state index contributed by atoms with van der Waals surface area (Å²) in [5, 5.41) is 4.43. The maximum atomic E-state index is 5.99. The molecule has 0 atom stereocenters. The van der Waals surface area contributed by atoms with Gasteiger partial charge in [-0.15, -0.1) is 11.6 Å². The molecular weight excluding hydrogens is 248 g/mol. The summed E-state index contributed by atoms with van der Waals surface area (Å²) < 4.78 is 3.80. The van der Waals surface area contributed by atoms with E-state index in [9.17, 15) is 0 Å². The Morgan fingerprint density at radius 3 is 2.78 bits per heavy atom. The predicted molar refractivity (Wildman–Crippen MR) is 72.1 cm³/mol. The van der Waals surface area contributed by atoms with Crippen molar-refractivity contribution in [1.82, 2.24) is 19.3 Å². The normalized spacial score (nSPS) is 11.3. The number of imidazole rings is 1. The molecule has 0 aliphatic heterocycles. The molecule has 0 fully saturated rings. The molecule has 0 radical (unpaired) electrons. The maximum absolute atomic E-state index is 5.99. The van der Waals surface area contributed by atoms with Crippen LogP contribution in [0.4, 0.5) is 0 Å². The molecule has 92 valence electrons. The maximum Gasteiger partial charge on any atom is 0.160 e. The van der Waals surface area contributed by atoms with Crippen LogP contribution in [0.25, 0.3) is 16.9 Å². The van der Waals surface area contributed by atoms with Gasteiger partial charge in [0.1, 0.15) is 5.82 Å². The second kappa shape index (κ2) is 4.14. The molecule has 0 aliphatic rings. The summed E-state index contributed by atoms with van der Waals surface area (Å²) in [6.45, 7) is 2.07. The molecule has 18 heavy (non-hydrogen) atoms. The summed E-state index contributed by atoms with van der Waals surface area (Å²) in [5.41, 5.74) is 3.20. The van der Waals surface area contributed by atoms with Gasteiger partial charge in [0, 0.05) is 19.3 Å². The molecule has 0 amide bonds. The van der Waals surface area contributed by atoms with Crippen LogP contribution in [-0.4, -0.2) is 19.3 Å². The van der Waals surface area contributed by atoms with E-state index in [1.165, 1.54) is 5.56 Å². The van der Waals surface area contributed by atoms with Gasteiger partial charge in [-0.1, -0.05) is 12.1 Å². The minimum absolute atomic E-state index is 0.366. The minimum Gasteiger partial charge on any atom is -0.278 e. The zero-order valence-corrected chi connectivity index (χ0v) is 11.0. The summed E-state index contributed by atoms with van der Waals surface area (Å²) >= 11 is 5.99. The van der Waals surface area contributed by atoms with Crippen molar-refractivity contribution >= 4 is 22.6 Å². The Labute approximate surface area is 110 Å². The highest BCUT2D eigenvalue weighted by Crippen LogP contribution is 2.24. The lowest BCUT2D eigenvalue weighted by atomic mass is 10.2. The molecule has 0 N–H and O–H groups in total. The van der Waals surface area contributed by atoms with E-state index in [0.29, 0.717) is 5.88 Å². The summed E-state index contributed by atoms with van der Waals surface area (Å²) in [6.07, 6.45) is 1.91. The number of aromatic nitrogens is 4. The van der Waals surface area contributed by atoms with Gasteiger partial charge in [-0.3, -0.25) is 9.25 Å². The van der Waals surface area contributed by atoms with Gasteiger partial charge in [0.2, 0.25) is 0 Å². The molecular formula is C13H13ClN4. The first kappa shape index (κ1) is 11.3. The van der Waals surface area contributed by atoms with Crippen molar-refractivity contribution in [2.24, 2.45) is 7.05 Å². The van der Waals surface area contributed by atoms with Gasteiger partial charge in [0.25, 0.3) is 0 Å².